The van der Waals surface area contributed by atoms with Crippen molar-refractivity contribution in [2.75, 3.05) is 38.0 Å². The Kier molecular flexibility index (Phi) is 8.43. The summed E-state index contributed by atoms with van der Waals surface area (Å²) in [6, 6.07) is 10.1. The molecule has 2 aromatic heterocycles. The fourth-order valence-electron chi connectivity index (χ4n) is 5.82. The van der Waals surface area contributed by atoms with Crippen LogP contribution < -0.4 is 5.32 Å². The minimum absolute atomic E-state index is 0.167. The topological polar surface area (TPSA) is 69.5 Å². The number of aromatic nitrogens is 3. The number of aliphatic hydroxyl groups is 1. The standard InChI is InChI=1S/C30H44N6O/c1-4-5-14-31-30-32-19-27-28(21-36(29(27)33-30)25-10-12-26(37)13-11-25)24-8-6-23(7-9-24)20-34-15-17-35(18-16-34)22(2)3/h6-9,19,21-22,25-26,37H,4-5,10-18,20H2,1-3H3,(H,31,32,33)/t25-,26-. The Morgan fingerprint density at radius 1 is 1.03 bits per heavy atom. The van der Waals surface area contributed by atoms with Gasteiger partial charge in [-0.05, 0) is 57.1 Å². The number of fused-ring (bicyclic) bond motifs is 1. The van der Waals surface area contributed by atoms with Crippen molar-refractivity contribution < 1.29 is 5.11 Å². The Morgan fingerprint density at radius 2 is 1.76 bits per heavy atom. The Balaban J connectivity index is 1.37. The molecule has 5 rings (SSSR count). The van der Waals surface area contributed by atoms with E-state index in [4.69, 9.17) is 4.98 Å². The van der Waals surface area contributed by atoms with Gasteiger partial charge in [0.05, 0.1) is 6.10 Å². The summed E-state index contributed by atoms with van der Waals surface area (Å²) in [5, 5.41) is 14.6. The number of hydrogen-bond donors (Lipinski definition) is 2. The summed E-state index contributed by atoms with van der Waals surface area (Å²) in [5.74, 6) is 0.704. The second-order valence-corrected chi connectivity index (χ2v) is 11.2. The van der Waals surface area contributed by atoms with Crippen molar-refractivity contribution in [3.63, 3.8) is 0 Å². The van der Waals surface area contributed by atoms with Gasteiger partial charge < -0.3 is 15.0 Å². The van der Waals surface area contributed by atoms with Crippen molar-refractivity contribution in [2.24, 2.45) is 0 Å². The highest BCUT2D eigenvalue weighted by Crippen LogP contribution is 2.36. The number of piperazine rings is 1. The Hall–Kier alpha value is -2.48. The van der Waals surface area contributed by atoms with Crippen molar-refractivity contribution >= 4 is 17.0 Å². The zero-order valence-electron chi connectivity index (χ0n) is 22.9. The van der Waals surface area contributed by atoms with Crippen LogP contribution in [-0.4, -0.2) is 74.3 Å². The molecule has 0 amide bonds. The van der Waals surface area contributed by atoms with Gasteiger partial charge in [-0.1, -0.05) is 37.6 Å². The van der Waals surface area contributed by atoms with Crippen LogP contribution in [0, 0.1) is 0 Å². The third-order valence-electron chi connectivity index (χ3n) is 8.25. The van der Waals surface area contributed by atoms with Gasteiger partial charge >= 0.3 is 0 Å². The van der Waals surface area contributed by atoms with Gasteiger partial charge in [0.2, 0.25) is 5.95 Å². The summed E-state index contributed by atoms with van der Waals surface area (Å²) in [5.41, 5.74) is 4.77. The van der Waals surface area contributed by atoms with E-state index in [-0.39, 0.29) is 6.10 Å². The molecule has 200 valence electrons. The number of anilines is 1. The summed E-state index contributed by atoms with van der Waals surface area (Å²) >= 11 is 0. The predicted octanol–water partition coefficient (Wildman–Crippen LogP) is 5.31. The van der Waals surface area contributed by atoms with E-state index >= 15 is 0 Å². The lowest BCUT2D eigenvalue weighted by atomic mass is 9.93. The highest BCUT2D eigenvalue weighted by Gasteiger charge is 2.24. The summed E-state index contributed by atoms with van der Waals surface area (Å²) in [4.78, 5) is 14.8. The van der Waals surface area contributed by atoms with Gasteiger partial charge in [0.1, 0.15) is 5.65 Å². The number of aliphatic hydroxyl groups excluding tert-OH is 1. The monoisotopic (exact) mass is 504 g/mol. The molecule has 7 nitrogen and oxygen atoms in total. The quantitative estimate of drug-likeness (QED) is 0.385. The molecule has 1 saturated heterocycles. The van der Waals surface area contributed by atoms with Crippen LogP contribution in [0.4, 0.5) is 5.95 Å². The summed E-state index contributed by atoms with van der Waals surface area (Å²) in [7, 11) is 0. The van der Waals surface area contributed by atoms with E-state index in [9.17, 15) is 5.11 Å². The maximum absolute atomic E-state index is 10.1. The highest BCUT2D eigenvalue weighted by molar-refractivity contribution is 5.94. The SMILES string of the molecule is CCCCNc1ncc2c(-c3ccc(CN4CCN(C(C)C)CC4)cc3)cn([C@H]3CC[C@H](O)CC3)c2n1. The average molecular weight is 505 g/mol. The fraction of sp³-hybridized carbons (Fsp3) is 0.600. The number of nitrogens with zero attached hydrogens (tertiary/aromatic N) is 5. The maximum Gasteiger partial charge on any atom is 0.224 e. The molecule has 37 heavy (non-hydrogen) atoms. The summed E-state index contributed by atoms with van der Waals surface area (Å²) in [6.45, 7) is 13.2. The Morgan fingerprint density at radius 3 is 2.43 bits per heavy atom. The maximum atomic E-state index is 10.1. The van der Waals surface area contributed by atoms with Gasteiger partial charge in [-0.15, -0.1) is 0 Å². The van der Waals surface area contributed by atoms with E-state index in [1.165, 1.54) is 16.7 Å². The lowest BCUT2D eigenvalue weighted by Gasteiger charge is -2.36. The van der Waals surface area contributed by atoms with Gasteiger partial charge in [-0.2, -0.15) is 4.98 Å². The molecule has 0 spiro atoms. The molecule has 3 aromatic rings. The lowest BCUT2D eigenvalue weighted by molar-refractivity contribution is 0.104. The zero-order chi connectivity index (χ0) is 25.8. The first-order chi connectivity index (χ1) is 18.0. The van der Waals surface area contributed by atoms with Crippen molar-refractivity contribution in [1.82, 2.24) is 24.3 Å². The molecule has 2 aliphatic rings. The van der Waals surface area contributed by atoms with Crippen LogP contribution in [0.25, 0.3) is 22.2 Å². The molecular weight excluding hydrogens is 460 g/mol. The van der Waals surface area contributed by atoms with Crippen LogP contribution in [0.3, 0.4) is 0 Å². The van der Waals surface area contributed by atoms with Gasteiger partial charge in [0.25, 0.3) is 0 Å². The minimum Gasteiger partial charge on any atom is -0.393 e. The smallest absolute Gasteiger partial charge is 0.224 e. The van der Waals surface area contributed by atoms with Crippen molar-refractivity contribution in [3.8, 4) is 11.1 Å². The van der Waals surface area contributed by atoms with E-state index in [2.05, 4.69) is 75.9 Å². The van der Waals surface area contributed by atoms with E-state index in [0.29, 0.717) is 18.0 Å². The normalized spacial score (nSPS) is 21.6. The lowest BCUT2D eigenvalue weighted by Crippen LogP contribution is -2.48. The molecule has 1 saturated carbocycles. The number of rotatable bonds is 9. The van der Waals surface area contributed by atoms with Crippen LogP contribution in [0.5, 0.6) is 0 Å². The van der Waals surface area contributed by atoms with Gasteiger partial charge in [-0.25, -0.2) is 4.98 Å². The molecule has 7 heteroatoms. The number of nitrogens with one attached hydrogen (secondary N) is 1. The molecule has 2 fully saturated rings. The first-order valence-electron chi connectivity index (χ1n) is 14.4. The van der Waals surface area contributed by atoms with Crippen LogP contribution >= 0.6 is 0 Å². The molecule has 0 unspecified atom stereocenters. The molecule has 3 heterocycles. The van der Waals surface area contributed by atoms with Crippen LogP contribution in [0.2, 0.25) is 0 Å². The predicted molar refractivity (Wildman–Crippen MR) is 152 cm³/mol. The largest absolute Gasteiger partial charge is 0.393 e. The van der Waals surface area contributed by atoms with Crippen LogP contribution in [0.15, 0.2) is 36.7 Å². The molecular formula is C30H44N6O. The molecule has 1 aromatic carbocycles. The first kappa shape index (κ1) is 26.1. The molecule has 1 aliphatic heterocycles. The average Bonchev–Trinajstić information content (AvgIpc) is 3.29. The highest BCUT2D eigenvalue weighted by atomic mass is 16.3. The first-order valence-corrected chi connectivity index (χ1v) is 14.4. The molecule has 2 N–H and O–H groups in total. The molecule has 0 radical (unpaired) electrons. The third-order valence-corrected chi connectivity index (χ3v) is 8.25. The second-order valence-electron chi connectivity index (χ2n) is 11.2. The van der Waals surface area contributed by atoms with Crippen molar-refractivity contribution in [1.29, 1.82) is 0 Å². The molecule has 1 aliphatic carbocycles. The Labute approximate surface area is 221 Å². The van der Waals surface area contributed by atoms with Gasteiger partial charge in [0, 0.05) is 74.7 Å². The van der Waals surface area contributed by atoms with E-state index in [0.717, 1.165) is 88.8 Å². The third kappa shape index (κ3) is 6.16. The number of benzene rings is 1. The second kappa shape index (κ2) is 11.9. The molecule has 0 atom stereocenters. The van der Waals surface area contributed by atoms with Gasteiger partial charge in [0.15, 0.2) is 0 Å². The number of unbranched alkanes of at least 4 members (excludes halogenated alkanes) is 1. The van der Waals surface area contributed by atoms with Gasteiger partial charge in [-0.3, -0.25) is 9.80 Å². The van der Waals surface area contributed by atoms with Crippen LogP contribution in [-0.2, 0) is 6.54 Å². The molecule has 0 bridgehead atoms. The fourth-order valence-corrected chi connectivity index (χ4v) is 5.82. The van der Waals surface area contributed by atoms with E-state index in [1.54, 1.807) is 0 Å². The van der Waals surface area contributed by atoms with Crippen LogP contribution in [0.1, 0.15) is 70.9 Å². The minimum atomic E-state index is -0.167. The van der Waals surface area contributed by atoms with Crippen molar-refractivity contribution in [3.05, 3.63) is 42.2 Å². The summed E-state index contributed by atoms with van der Waals surface area (Å²) in [6.07, 6.45) is 10.0. The Bertz CT molecular complexity index is 1140. The summed E-state index contributed by atoms with van der Waals surface area (Å²) < 4.78 is 2.35. The van der Waals surface area contributed by atoms with Crippen molar-refractivity contribution in [2.45, 2.75) is 84.0 Å². The number of hydrogen-bond acceptors (Lipinski definition) is 6. The van der Waals surface area contributed by atoms with E-state index < -0.39 is 0 Å². The van der Waals surface area contributed by atoms with E-state index in [1.807, 2.05) is 6.20 Å². The zero-order valence-corrected chi connectivity index (χ0v) is 22.9.